The molecule has 1 aromatic rings. The van der Waals surface area contributed by atoms with Gasteiger partial charge in [0.05, 0.1) is 12.1 Å². The zero-order chi connectivity index (χ0) is 13.8. The van der Waals surface area contributed by atoms with E-state index in [1.807, 2.05) is 0 Å². The van der Waals surface area contributed by atoms with E-state index >= 15 is 0 Å². The summed E-state index contributed by atoms with van der Waals surface area (Å²) in [5.74, 6) is -1.35. The molecule has 0 radical (unpaired) electrons. The molecule has 1 aromatic heterocycles. The van der Waals surface area contributed by atoms with E-state index < -0.39 is 21.7 Å². The smallest absolute Gasteiger partial charge is 0.356 e. The van der Waals surface area contributed by atoms with Crippen molar-refractivity contribution < 1.29 is 23.1 Å². The van der Waals surface area contributed by atoms with Gasteiger partial charge < -0.3 is 9.84 Å². The van der Waals surface area contributed by atoms with Crippen LogP contribution in [-0.2, 0) is 14.8 Å². The van der Waals surface area contributed by atoms with Crippen LogP contribution in [0.2, 0.25) is 0 Å². The molecule has 0 spiro atoms. The minimum Gasteiger partial charge on any atom is -0.476 e. The van der Waals surface area contributed by atoms with Crippen molar-refractivity contribution in [3.63, 3.8) is 0 Å². The molecule has 102 valence electrons. The second-order valence-corrected chi connectivity index (χ2v) is 6.27. The zero-order valence-electron chi connectivity index (χ0n) is 9.99. The van der Waals surface area contributed by atoms with Crippen molar-refractivity contribution in [2.45, 2.75) is 11.1 Å². The number of aromatic carboxylic acids is 1. The molecular weight excluding hydrogens is 280 g/mol. The van der Waals surface area contributed by atoms with Crippen LogP contribution in [-0.4, -0.2) is 55.6 Å². The highest BCUT2D eigenvalue weighted by Crippen LogP contribution is 2.23. The SMILES string of the molecule is CCN(CCOC)S(=O)(=O)c1scnc1C(=O)O. The first-order valence-corrected chi connectivity index (χ1v) is 7.43. The van der Waals surface area contributed by atoms with Gasteiger partial charge in [0, 0.05) is 20.2 Å². The Bertz CT molecular complexity index is 511. The third-order valence-electron chi connectivity index (χ3n) is 2.21. The standard InChI is InChI=1S/C9H14N2O5S2/c1-3-11(4-5-16-2)18(14,15)9-7(8(12)13)10-6-17-9/h6H,3-5H2,1-2H3,(H,12,13). The largest absolute Gasteiger partial charge is 0.476 e. The van der Waals surface area contributed by atoms with Gasteiger partial charge in [-0.05, 0) is 0 Å². The molecule has 9 heteroatoms. The minimum absolute atomic E-state index is 0.173. The van der Waals surface area contributed by atoms with Gasteiger partial charge in [-0.1, -0.05) is 6.92 Å². The van der Waals surface area contributed by atoms with E-state index in [-0.39, 0.29) is 23.9 Å². The number of sulfonamides is 1. The van der Waals surface area contributed by atoms with Crippen LogP contribution in [0.15, 0.2) is 9.72 Å². The van der Waals surface area contributed by atoms with Crippen molar-refractivity contribution in [1.29, 1.82) is 0 Å². The molecule has 0 aliphatic rings. The van der Waals surface area contributed by atoms with E-state index in [0.29, 0.717) is 0 Å². The Morgan fingerprint density at radius 3 is 2.78 bits per heavy atom. The van der Waals surface area contributed by atoms with Crippen molar-refractivity contribution in [2.24, 2.45) is 0 Å². The molecule has 0 fully saturated rings. The van der Waals surface area contributed by atoms with Crippen LogP contribution in [0.1, 0.15) is 17.4 Å². The molecule has 1 N–H and O–H groups in total. The molecule has 0 bridgehead atoms. The molecular formula is C9H14N2O5S2. The number of likely N-dealkylation sites (N-methyl/N-ethyl adjacent to an activating group) is 1. The molecule has 0 aromatic carbocycles. The predicted octanol–water partition coefficient (Wildman–Crippen LogP) is 0.498. The number of carbonyl (C=O) groups is 1. The summed E-state index contributed by atoms with van der Waals surface area (Å²) in [5, 5.41) is 8.88. The molecule has 0 aliphatic carbocycles. The van der Waals surface area contributed by atoms with Gasteiger partial charge in [-0.3, -0.25) is 0 Å². The van der Waals surface area contributed by atoms with Crippen LogP contribution in [0.3, 0.4) is 0 Å². The number of thiazole rings is 1. The lowest BCUT2D eigenvalue weighted by molar-refractivity contribution is 0.0687. The topological polar surface area (TPSA) is 96.8 Å². The van der Waals surface area contributed by atoms with E-state index in [0.717, 1.165) is 15.6 Å². The van der Waals surface area contributed by atoms with Crippen molar-refractivity contribution in [3.05, 3.63) is 11.2 Å². The Labute approximate surface area is 109 Å². The summed E-state index contributed by atoms with van der Waals surface area (Å²) in [6.45, 7) is 2.33. The second-order valence-electron chi connectivity index (χ2n) is 3.28. The quantitative estimate of drug-likeness (QED) is 0.786. The van der Waals surface area contributed by atoms with E-state index in [2.05, 4.69) is 4.98 Å². The van der Waals surface area contributed by atoms with Gasteiger partial charge >= 0.3 is 5.97 Å². The lowest BCUT2D eigenvalue weighted by Crippen LogP contribution is -2.34. The summed E-state index contributed by atoms with van der Waals surface area (Å²) in [6, 6.07) is 0. The summed E-state index contributed by atoms with van der Waals surface area (Å²) in [5.41, 5.74) is 0.774. The number of ether oxygens (including phenoxy) is 1. The number of aromatic nitrogens is 1. The molecule has 0 amide bonds. The maximum Gasteiger partial charge on any atom is 0.356 e. The lowest BCUT2D eigenvalue weighted by atomic mass is 10.5. The first-order valence-electron chi connectivity index (χ1n) is 5.11. The molecule has 0 atom stereocenters. The molecule has 1 rings (SSSR count). The van der Waals surface area contributed by atoms with E-state index in [4.69, 9.17) is 9.84 Å². The van der Waals surface area contributed by atoms with E-state index in [1.54, 1.807) is 6.92 Å². The zero-order valence-corrected chi connectivity index (χ0v) is 11.6. The van der Waals surface area contributed by atoms with Crippen LogP contribution in [0.25, 0.3) is 0 Å². The maximum absolute atomic E-state index is 12.2. The lowest BCUT2D eigenvalue weighted by Gasteiger charge is -2.19. The fraction of sp³-hybridized carbons (Fsp3) is 0.556. The summed E-state index contributed by atoms with van der Waals surface area (Å²) in [7, 11) is -2.36. The predicted molar refractivity (Wildman–Crippen MR) is 65.4 cm³/mol. The number of carboxylic acids is 1. The third kappa shape index (κ3) is 3.05. The van der Waals surface area contributed by atoms with Crippen LogP contribution in [0.4, 0.5) is 0 Å². The molecule has 7 nitrogen and oxygen atoms in total. The van der Waals surface area contributed by atoms with E-state index in [9.17, 15) is 13.2 Å². The summed E-state index contributed by atoms with van der Waals surface area (Å²) >= 11 is 0.800. The Balaban J connectivity index is 3.11. The number of rotatable bonds is 7. The third-order valence-corrected chi connectivity index (χ3v) is 5.53. The summed E-state index contributed by atoms with van der Waals surface area (Å²) < 4.78 is 30.2. The first kappa shape index (κ1) is 15.0. The minimum atomic E-state index is -3.83. The number of carboxylic acid groups (broad SMARTS) is 1. The maximum atomic E-state index is 12.2. The number of nitrogens with zero attached hydrogens (tertiary/aromatic N) is 2. The van der Waals surface area contributed by atoms with Gasteiger partial charge in [-0.15, -0.1) is 11.3 Å². The monoisotopic (exact) mass is 294 g/mol. The van der Waals surface area contributed by atoms with Gasteiger partial charge in [0.25, 0.3) is 10.0 Å². The van der Waals surface area contributed by atoms with Crippen LogP contribution >= 0.6 is 11.3 Å². The normalized spacial score (nSPS) is 11.9. The van der Waals surface area contributed by atoms with Crippen LogP contribution in [0.5, 0.6) is 0 Å². The van der Waals surface area contributed by atoms with Gasteiger partial charge in [-0.25, -0.2) is 18.2 Å². The van der Waals surface area contributed by atoms with E-state index in [1.165, 1.54) is 12.6 Å². The van der Waals surface area contributed by atoms with Gasteiger partial charge in [0.2, 0.25) is 0 Å². The van der Waals surface area contributed by atoms with Crippen LogP contribution in [0, 0.1) is 0 Å². The fourth-order valence-electron chi connectivity index (χ4n) is 1.32. The second kappa shape index (κ2) is 6.23. The van der Waals surface area contributed by atoms with Crippen molar-refractivity contribution in [1.82, 2.24) is 9.29 Å². The number of hydrogen-bond donors (Lipinski definition) is 1. The Morgan fingerprint density at radius 1 is 1.61 bits per heavy atom. The highest BCUT2D eigenvalue weighted by Gasteiger charge is 2.30. The van der Waals surface area contributed by atoms with Crippen molar-refractivity contribution in [2.75, 3.05) is 26.8 Å². The molecule has 0 saturated heterocycles. The Kier molecular flexibility index (Phi) is 5.20. The van der Waals surface area contributed by atoms with Crippen LogP contribution < -0.4 is 0 Å². The fourth-order valence-corrected chi connectivity index (χ4v) is 4.03. The first-order chi connectivity index (χ1) is 8.45. The average molecular weight is 294 g/mol. The number of hydrogen-bond acceptors (Lipinski definition) is 6. The molecule has 0 saturated carbocycles. The Morgan fingerprint density at radius 2 is 2.28 bits per heavy atom. The molecule has 0 unspecified atom stereocenters. The molecule has 1 heterocycles. The van der Waals surface area contributed by atoms with Crippen molar-refractivity contribution >= 4 is 27.3 Å². The highest BCUT2D eigenvalue weighted by molar-refractivity contribution is 7.91. The van der Waals surface area contributed by atoms with Gasteiger partial charge in [0.1, 0.15) is 0 Å². The molecule has 0 aliphatic heterocycles. The summed E-state index contributed by atoms with van der Waals surface area (Å²) in [4.78, 5) is 14.5. The average Bonchev–Trinajstić information content (AvgIpc) is 2.79. The highest BCUT2D eigenvalue weighted by atomic mass is 32.2. The molecule has 18 heavy (non-hydrogen) atoms. The Hall–Kier alpha value is -1.03. The number of methoxy groups -OCH3 is 1. The van der Waals surface area contributed by atoms with Gasteiger partial charge in [-0.2, -0.15) is 4.31 Å². The van der Waals surface area contributed by atoms with Crippen molar-refractivity contribution in [3.8, 4) is 0 Å². The van der Waals surface area contributed by atoms with Gasteiger partial charge in [0.15, 0.2) is 9.90 Å². The summed E-state index contributed by atoms with van der Waals surface area (Å²) in [6.07, 6.45) is 0.